The van der Waals surface area contributed by atoms with E-state index in [0.29, 0.717) is 23.7 Å². The van der Waals surface area contributed by atoms with Crippen molar-refractivity contribution in [2.45, 2.75) is 46.6 Å². The molecule has 0 aromatic rings. The molecule has 0 bridgehead atoms. The summed E-state index contributed by atoms with van der Waals surface area (Å²) in [5.74, 6) is 2.32. The predicted octanol–water partition coefficient (Wildman–Crippen LogP) is 3.79. The van der Waals surface area contributed by atoms with Gasteiger partial charge in [0.15, 0.2) is 6.11 Å². The van der Waals surface area contributed by atoms with Crippen molar-refractivity contribution in [2.75, 3.05) is 0 Å². The van der Waals surface area contributed by atoms with Crippen LogP contribution in [-0.4, -0.2) is 6.10 Å². The Morgan fingerprint density at radius 2 is 2.06 bits per heavy atom. The van der Waals surface area contributed by atoms with Gasteiger partial charge in [-0.25, -0.2) is 0 Å². The summed E-state index contributed by atoms with van der Waals surface area (Å²) in [6.07, 6.45) is 14.4. The van der Waals surface area contributed by atoms with Gasteiger partial charge in [-0.3, -0.25) is 4.89 Å². The molecule has 2 rings (SSSR count). The molecule has 1 fully saturated rings. The van der Waals surface area contributed by atoms with Crippen LogP contribution in [0.5, 0.6) is 0 Å². The molecule has 0 aromatic heterocycles. The van der Waals surface area contributed by atoms with Crippen LogP contribution in [0.2, 0.25) is 0 Å². The number of fused-ring (bicyclic) bond motifs is 1. The second-order valence-corrected chi connectivity index (χ2v) is 6.49. The number of terminal acetylenes is 1. The number of rotatable bonds is 2. The Bertz CT molecular complexity index is 368. The second-order valence-electron chi connectivity index (χ2n) is 6.49. The lowest BCUT2D eigenvalue weighted by molar-refractivity contribution is -0.306. The molecular formula is C16H24O2. The van der Waals surface area contributed by atoms with Crippen molar-refractivity contribution in [2.24, 2.45) is 29.1 Å². The molecule has 6 atom stereocenters. The van der Waals surface area contributed by atoms with E-state index in [0.717, 1.165) is 6.42 Å². The molecule has 100 valence electrons. The van der Waals surface area contributed by atoms with E-state index in [2.05, 4.69) is 46.0 Å². The van der Waals surface area contributed by atoms with Crippen molar-refractivity contribution in [3.63, 3.8) is 0 Å². The van der Waals surface area contributed by atoms with Crippen LogP contribution in [0.4, 0.5) is 0 Å². The molecule has 5 unspecified atom stereocenters. The monoisotopic (exact) mass is 248 g/mol. The van der Waals surface area contributed by atoms with Crippen molar-refractivity contribution in [1.29, 1.82) is 0 Å². The quantitative estimate of drug-likeness (QED) is 0.320. The minimum absolute atomic E-state index is 0.109. The number of hydrogen-bond acceptors (Lipinski definition) is 2. The first kappa shape index (κ1) is 13.5. The topological polar surface area (TPSA) is 18.5 Å². The van der Waals surface area contributed by atoms with Gasteiger partial charge >= 0.3 is 0 Å². The summed E-state index contributed by atoms with van der Waals surface area (Å²) in [6.45, 7) is 9.22. The zero-order valence-corrected chi connectivity index (χ0v) is 11.8. The van der Waals surface area contributed by atoms with Crippen LogP contribution in [0.25, 0.3) is 0 Å². The highest BCUT2D eigenvalue weighted by atomic mass is 17.2. The predicted molar refractivity (Wildman–Crippen MR) is 72.3 cm³/mol. The lowest BCUT2D eigenvalue weighted by Gasteiger charge is -2.51. The number of allylic oxidation sites excluding steroid dienone is 2. The largest absolute Gasteiger partial charge is 0.282 e. The maximum Gasteiger partial charge on any atom is 0.153 e. The van der Waals surface area contributed by atoms with Gasteiger partial charge in [-0.2, -0.15) is 4.89 Å². The van der Waals surface area contributed by atoms with Crippen LogP contribution in [0.15, 0.2) is 12.2 Å². The number of hydrogen-bond donors (Lipinski definition) is 0. The maximum atomic E-state index is 5.49. The van der Waals surface area contributed by atoms with Crippen molar-refractivity contribution in [3.05, 3.63) is 12.2 Å². The van der Waals surface area contributed by atoms with Gasteiger partial charge in [-0.05, 0) is 36.0 Å². The second kappa shape index (κ2) is 4.97. The minimum Gasteiger partial charge on any atom is -0.282 e. The molecule has 0 N–H and O–H groups in total. The molecule has 2 aliphatic carbocycles. The van der Waals surface area contributed by atoms with E-state index in [-0.39, 0.29) is 11.5 Å². The molecule has 0 heterocycles. The average molecular weight is 248 g/mol. The standard InChI is InChI=1S/C16H24O2/c1-6-17-18-14-9-11(2)10-16(5)8-7-12(3)13(4)15(14)16/h1,7-8,11-15H,9-10H2,2-5H3/t11?,12-,13?,14?,15?,16?/m0/s1. The van der Waals surface area contributed by atoms with Gasteiger partial charge in [0.05, 0.1) is 0 Å². The third-order valence-corrected chi connectivity index (χ3v) is 4.98. The van der Waals surface area contributed by atoms with Crippen LogP contribution >= 0.6 is 0 Å². The Morgan fingerprint density at radius 3 is 2.72 bits per heavy atom. The molecule has 0 amide bonds. The summed E-state index contributed by atoms with van der Waals surface area (Å²) in [5, 5.41) is 0. The molecule has 1 saturated carbocycles. The van der Waals surface area contributed by atoms with Gasteiger partial charge in [0, 0.05) is 5.92 Å². The first-order chi connectivity index (χ1) is 8.48. The van der Waals surface area contributed by atoms with Crippen LogP contribution in [0.3, 0.4) is 0 Å². The van der Waals surface area contributed by atoms with Crippen LogP contribution in [-0.2, 0) is 9.78 Å². The Kier molecular flexibility index (Phi) is 3.73. The molecule has 2 heteroatoms. The summed E-state index contributed by atoms with van der Waals surface area (Å²) in [4.78, 5) is 10.3. The van der Waals surface area contributed by atoms with Gasteiger partial charge in [0.25, 0.3) is 0 Å². The van der Waals surface area contributed by atoms with Gasteiger partial charge in [-0.15, -0.1) is 0 Å². The molecule has 0 radical (unpaired) electrons. The summed E-state index contributed by atoms with van der Waals surface area (Å²) >= 11 is 0. The molecular weight excluding hydrogens is 224 g/mol. The summed E-state index contributed by atoms with van der Waals surface area (Å²) in [5.41, 5.74) is 0.215. The average Bonchev–Trinajstić information content (AvgIpc) is 2.30. The summed E-state index contributed by atoms with van der Waals surface area (Å²) in [6, 6.07) is 0. The lowest BCUT2D eigenvalue weighted by Crippen LogP contribution is -2.49. The van der Waals surface area contributed by atoms with Crippen molar-refractivity contribution < 1.29 is 9.78 Å². The van der Waals surface area contributed by atoms with E-state index in [1.807, 2.05) is 0 Å². The van der Waals surface area contributed by atoms with Gasteiger partial charge < -0.3 is 0 Å². The lowest BCUT2D eigenvalue weighted by atomic mass is 9.55. The zero-order valence-electron chi connectivity index (χ0n) is 11.8. The first-order valence-corrected chi connectivity index (χ1v) is 6.95. The van der Waals surface area contributed by atoms with Crippen molar-refractivity contribution in [3.8, 4) is 12.5 Å². The van der Waals surface area contributed by atoms with E-state index < -0.39 is 0 Å². The van der Waals surface area contributed by atoms with Crippen molar-refractivity contribution >= 4 is 0 Å². The molecule has 2 aliphatic rings. The SMILES string of the molecule is C#COOC1CC(C)CC2(C)C=C[C@H](C)C(C)C12. The first-order valence-electron chi connectivity index (χ1n) is 6.95. The Morgan fingerprint density at radius 1 is 1.33 bits per heavy atom. The van der Waals surface area contributed by atoms with Crippen LogP contribution in [0.1, 0.15) is 40.5 Å². The fraction of sp³-hybridized carbons (Fsp3) is 0.750. The van der Waals surface area contributed by atoms with Crippen molar-refractivity contribution in [1.82, 2.24) is 0 Å². The molecule has 0 aliphatic heterocycles. The Labute approximate surface area is 111 Å². The zero-order chi connectivity index (χ0) is 13.3. The van der Waals surface area contributed by atoms with Gasteiger partial charge in [0.1, 0.15) is 6.10 Å². The highest BCUT2D eigenvalue weighted by molar-refractivity contribution is 5.13. The van der Waals surface area contributed by atoms with E-state index in [1.165, 1.54) is 6.42 Å². The highest BCUT2D eigenvalue weighted by Gasteiger charge is 2.49. The molecule has 2 nitrogen and oxygen atoms in total. The third kappa shape index (κ3) is 2.29. The van der Waals surface area contributed by atoms with E-state index in [9.17, 15) is 0 Å². The van der Waals surface area contributed by atoms with E-state index >= 15 is 0 Å². The summed E-state index contributed by atoms with van der Waals surface area (Å²) in [7, 11) is 0. The van der Waals surface area contributed by atoms with Gasteiger partial charge in [-0.1, -0.05) is 46.3 Å². The molecule has 18 heavy (non-hydrogen) atoms. The maximum absolute atomic E-state index is 5.49. The van der Waals surface area contributed by atoms with Crippen LogP contribution < -0.4 is 0 Å². The fourth-order valence-electron chi connectivity index (χ4n) is 4.12. The highest BCUT2D eigenvalue weighted by Crippen LogP contribution is 2.53. The molecule has 0 aromatic carbocycles. The Balaban J connectivity index is 2.26. The molecule has 0 spiro atoms. The Hall–Kier alpha value is -0.940. The van der Waals surface area contributed by atoms with E-state index in [1.54, 1.807) is 0 Å². The molecule has 0 saturated heterocycles. The summed E-state index contributed by atoms with van der Waals surface area (Å²) < 4.78 is 0. The third-order valence-electron chi connectivity index (χ3n) is 4.98. The smallest absolute Gasteiger partial charge is 0.153 e. The van der Waals surface area contributed by atoms with Gasteiger partial charge in [0.2, 0.25) is 0 Å². The fourth-order valence-corrected chi connectivity index (χ4v) is 4.12. The van der Waals surface area contributed by atoms with E-state index in [4.69, 9.17) is 16.2 Å². The minimum atomic E-state index is 0.109. The normalized spacial score (nSPS) is 47.2. The van der Waals surface area contributed by atoms with Crippen LogP contribution in [0, 0.1) is 41.6 Å².